The lowest BCUT2D eigenvalue weighted by Gasteiger charge is -2.13. The summed E-state index contributed by atoms with van der Waals surface area (Å²) in [5, 5.41) is 9.75. The molecule has 2 aromatic carbocycles. The summed E-state index contributed by atoms with van der Waals surface area (Å²) in [4.78, 5) is 27.9. The quantitative estimate of drug-likeness (QED) is 0.363. The number of amides is 1. The van der Waals surface area contributed by atoms with E-state index in [4.69, 9.17) is 0 Å². The Morgan fingerprint density at radius 1 is 1.18 bits per heavy atom. The molecule has 0 radical (unpaired) electrons. The molecule has 1 amide bonds. The second-order valence-corrected chi connectivity index (χ2v) is 7.34. The van der Waals surface area contributed by atoms with Crippen molar-refractivity contribution in [1.82, 2.24) is 4.98 Å². The molecule has 0 unspecified atom stereocenters. The van der Waals surface area contributed by atoms with Gasteiger partial charge < -0.3 is 5.32 Å². The lowest BCUT2D eigenvalue weighted by atomic mass is 9.98. The Hall–Kier alpha value is -3.06. The van der Waals surface area contributed by atoms with Crippen LogP contribution in [0.25, 0.3) is 11.1 Å². The van der Waals surface area contributed by atoms with Gasteiger partial charge in [-0.25, -0.2) is 4.98 Å². The summed E-state index contributed by atoms with van der Waals surface area (Å²) < 4.78 is 0. The lowest BCUT2D eigenvalue weighted by Crippen LogP contribution is -2.13. The largest absolute Gasteiger partial charge is 0.385 e. The number of rotatable bonds is 8. The summed E-state index contributed by atoms with van der Waals surface area (Å²) in [6.45, 7) is 4.72. The normalized spacial score (nSPS) is 10.5. The molecule has 28 heavy (non-hydrogen) atoms. The van der Waals surface area contributed by atoms with Gasteiger partial charge in [0.1, 0.15) is 0 Å². The number of hydrogen-bond donors (Lipinski definition) is 2. The highest BCUT2D eigenvalue weighted by Gasteiger charge is 2.16. The predicted molar refractivity (Wildman–Crippen MR) is 116 cm³/mol. The Balaban J connectivity index is 1.91. The number of nitrogens with one attached hydrogen (secondary N) is 2. The lowest BCUT2D eigenvalue weighted by molar-refractivity contribution is 0.102. The first-order valence-corrected chi connectivity index (χ1v) is 9.99. The maximum Gasteiger partial charge on any atom is 0.258 e. The van der Waals surface area contributed by atoms with Crippen molar-refractivity contribution in [1.29, 1.82) is 0 Å². The van der Waals surface area contributed by atoms with Gasteiger partial charge in [0.15, 0.2) is 10.1 Å². The molecule has 0 aliphatic carbocycles. The van der Waals surface area contributed by atoms with E-state index in [0.717, 1.165) is 47.5 Å². The molecule has 3 rings (SSSR count). The molecule has 0 fully saturated rings. The van der Waals surface area contributed by atoms with Crippen molar-refractivity contribution in [3.05, 3.63) is 64.7 Å². The SMILES string of the molecule is CCCCNc1ccc(C(=O)Nc2nc(C)c(N=O)s2)c(-c2ccccc2)c1. The van der Waals surface area contributed by atoms with E-state index < -0.39 is 0 Å². The van der Waals surface area contributed by atoms with Gasteiger partial charge in [0.25, 0.3) is 5.91 Å². The Kier molecular flexibility index (Phi) is 6.49. The van der Waals surface area contributed by atoms with E-state index in [0.29, 0.717) is 16.4 Å². The van der Waals surface area contributed by atoms with Crippen LogP contribution in [0.5, 0.6) is 0 Å². The minimum absolute atomic E-state index is 0.272. The Morgan fingerprint density at radius 2 is 1.96 bits per heavy atom. The van der Waals surface area contributed by atoms with Gasteiger partial charge in [-0.05, 0) is 47.8 Å². The van der Waals surface area contributed by atoms with Gasteiger partial charge in [-0.1, -0.05) is 55.0 Å². The summed E-state index contributed by atoms with van der Waals surface area (Å²) in [5.41, 5.74) is 3.81. The maximum absolute atomic E-state index is 12.9. The topological polar surface area (TPSA) is 83.4 Å². The standard InChI is InChI=1S/C21H22N4O2S/c1-3-4-12-22-16-10-11-17(18(13-16)15-8-6-5-7-9-15)19(26)24-21-23-14(2)20(25-27)28-21/h5-11,13,22H,3-4,12H2,1-2H3,(H,23,24,26). The van der Waals surface area contributed by atoms with Gasteiger partial charge in [-0.2, -0.15) is 0 Å². The van der Waals surface area contributed by atoms with E-state index in [1.54, 1.807) is 6.92 Å². The van der Waals surface area contributed by atoms with Crippen LogP contribution in [-0.4, -0.2) is 17.4 Å². The van der Waals surface area contributed by atoms with Crippen molar-refractivity contribution in [2.24, 2.45) is 5.18 Å². The maximum atomic E-state index is 12.9. The zero-order valence-corrected chi connectivity index (χ0v) is 16.7. The third-order valence-corrected chi connectivity index (χ3v) is 5.23. The average molecular weight is 395 g/mol. The van der Waals surface area contributed by atoms with Gasteiger partial charge in [0.05, 0.1) is 5.69 Å². The van der Waals surface area contributed by atoms with Crippen LogP contribution in [0.4, 0.5) is 15.8 Å². The molecular formula is C21H22N4O2S. The van der Waals surface area contributed by atoms with Crippen LogP contribution in [0, 0.1) is 11.8 Å². The van der Waals surface area contributed by atoms with Crippen LogP contribution < -0.4 is 10.6 Å². The van der Waals surface area contributed by atoms with Crippen LogP contribution >= 0.6 is 11.3 Å². The Labute approximate surface area is 168 Å². The zero-order valence-electron chi connectivity index (χ0n) is 15.9. The van der Waals surface area contributed by atoms with Gasteiger partial charge in [-0.15, -0.1) is 4.91 Å². The van der Waals surface area contributed by atoms with Crippen molar-refractivity contribution in [2.45, 2.75) is 26.7 Å². The van der Waals surface area contributed by atoms with E-state index in [2.05, 4.69) is 27.7 Å². The average Bonchev–Trinajstić information content (AvgIpc) is 3.07. The third-order valence-electron chi connectivity index (χ3n) is 4.28. The van der Waals surface area contributed by atoms with Gasteiger partial charge >= 0.3 is 0 Å². The Bertz CT molecular complexity index is 970. The summed E-state index contributed by atoms with van der Waals surface area (Å²) >= 11 is 1.07. The number of unbranched alkanes of at least 4 members (excludes halogenated alkanes) is 1. The molecule has 0 aliphatic rings. The van der Waals surface area contributed by atoms with Gasteiger partial charge in [0, 0.05) is 17.8 Å². The minimum atomic E-state index is -0.273. The Morgan fingerprint density at radius 3 is 2.64 bits per heavy atom. The van der Waals surface area contributed by atoms with Crippen LogP contribution in [0.15, 0.2) is 53.7 Å². The third kappa shape index (κ3) is 4.61. The minimum Gasteiger partial charge on any atom is -0.385 e. The molecule has 0 aliphatic heterocycles. The monoisotopic (exact) mass is 394 g/mol. The summed E-state index contributed by atoms with van der Waals surface area (Å²) in [5.74, 6) is -0.273. The highest BCUT2D eigenvalue weighted by Crippen LogP contribution is 2.32. The fourth-order valence-corrected chi connectivity index (χ4v) is 3.55. The fraction of sp³-hybridized carbons (Fsp3) is 0.238. The van der Waals surface area contributed by atoms with E-state index in [1.807, 2.05) is 48.5 Å². The van der Waals surface area contributed by atoms with Crippen LogP contribution in [-0.2, 0) is 0 Å². The molecule has 0 bridgehead atoms. The first-order chi connectivity index (χ1) is 13.6. The molecule has 2 N–H and O–H groups in total. The number of nitrogens with zero attached hydrogens (tertiary/aromatic N) is 2. The van der Waals surface area contributed by atoms with Crippen molar-refractivity contribution in [3.8, 4) is 11.1 Å². The summed E-state index contributed by atoms with van der Waals surface area (Å²) in [6, 6.07) is 15.5. The van der Waals surface area contributed by atoms with Crippen molar-refractivity contribution < 1.29 is 4.79 Å². The van der Waals surface area contributed by atoms with Crippen LogP contribution in [0.1, 0.15) is 35.8 Å². The van der Waals surface area contributed by atoms with E-state index >= 15 is 0 Å². The molecule has 1 heterocycles. The number of aromatic nitrogens is 1. The van der Waals surface area contributed by atoms with Crippen LogP contribution in [0.2, 0.25) is 0 Å². The van der Waals surface area contributed by atoms with Crippen molar-refractivity contribution in [3.63, 3.8) is 0 Å². The predicted octanol–water partition coefficient (Wildman–Crippen LogP) is 5.98. The number of aryl methyl sites for hydroxylation is 1. The van der Waals surface area contributed by atoms with Gasteiger partial charge in [-0.3, -0.25) is 10.1 Å². The molecule has 7 heteroatoms. The van der Waals surface area contributed by atoms with E-state index in [9.17, 15) is 9.70 Å². The van der Waals surface area contributed by atoms with Crippen LogP contribution in [0.3, 0.4) is 0 Å². The zero-order chi connectivity index (χ0) is 19.9. The van der Waals surface area contributed by atoms with E-state index in [1.165, 1.54) is 0 Å². The molecule has 144 valence electrons. The molecule has 3 aromatic rings. The molecule has 0 spiro atoms. The molecule has 0 saturated heterocycles. The van der Waals surface area contributed by atoms with Crippen molar-refractivity contribution in [2.75, 3.05) is 17.2 Å². The number of benzene rings is 2. The molecule has 1 aromatic heterocycles. The summed E-state index contributed by atoms with van der Waals surface area (Å²) in [7, 11) is 0. The van der Waals surface area contributed by atoms with Crippen molar-refractivity contribution >= 4 is 33.1 Å². The fourth-order valence-electron chi connectivity index (χ4n) is 2.81. The highest BCUT2D eigenvalue weighted by atomic mass is 32.1. The van der Waals surface area contributed by atoms with Gasteiger partial charge in [0.2, 0.25) is 0 Å². The summed E-state index contributed by atoms with van der Waals surface area (Å²) in [6.07, 6.45) is 2.20. The number of hydrogen-bond acceptors (Lipinski definition) is 6. The van der Waals surface area contributed by atoms with E-state index in [-0.39, 0.29) is 10.9 Å². The number of nitroso groups, excluding NO2 is 1. The first-order valence-electron chi connectivity index (χ1n) is 9.18. The highest BCUT2D eigenvalue weighted by molar-refractivity contribution is 7.19. The second-order valence-electron chi connectivity index (χ2n) is 6.36. The molecular weight excluding hydrogens is 372 g/mol. The number of anilines is 2. The second kappa shape index (κ2) is 9.23. The first kappa shape index (κ1) is 19.7. The molecule has 0 saturated carbocycles. The number of carbonyl (C=O) groups is 1. The number of carbonyl (C=O) groups excluding carboxylic acids is 1. The molecule has 6 nitrogen and oxygen atoms in total. The molecule has 0 atom stereocenters. The smallest absolute Gasteiger partial charge is 0.258 e. The number of thiazole rings is 1.